The van der Waals surface area contributed by atoms with Crippen molar-refractivity contribution in [1.29, 1.82) is 0 Å². The predicted octanol–water partition coefficient (Wildman–Crippen LogP) is 2.46. The van der Waals surface area contributed by atoms with Crippen LogP contribution >= 0.6 is 0 Å². The van der Waals surface area contributed by atoms with E-state index in [0.29, 0.717) is 11.3 Å². The van der Waals surface area contributed by atoms with Crippen LogP contribution in [-0.4, -0.2) is 18.8 Å². The molecule has 1 saturated carbocycles. The largest absolute Gasteiger partial charge is 0.377 e. The van der Waals surface area contributed by atoms with Crippen molar-refractivity contribution in [3.05, 3.63) is 0 Å². The first-order valence-corrected chi connectivity index (χ1v) is 6.55. The Morgan fingerprint density at radius 1 is 1.38 bits per heavy atom. The third kappa shape index (κ3) is 3.72. The van der Waals surface area contributed by atoms with Crippen LogP contribution in [0.2, 0.25) is 0 Å². The number of hydrogen-bond donors (Lipinski definition) is 2. The fourth-order valence-electron chi connectivity index (χ4n) is 2.84. The van der Waals surface area contributed by atoms with Gasteiger partial charge in [-0.1, -0.05) is 26.7 Å². The van der Waals surface area contributed by atoms with Gasteiger partial charge in [-0.3, -0.25) is 11.3 Å². The van der Waals surface area contributed by atoms with E-state index in [0.717, 1.165) is 6.61 Å². The highest BCUT2D eigenvalue weighted by Crippen LogP contribution is 2.42. The van der Waals surface area contributed by atoms with Gasteiger partial charge in [0.2, 0.25) is 0 Å². The standard InChI is InChI=1S/C13H28N2O/c1-10(2)16-9-12(15-14)11-7-5-6-8-13(11,3)4/h10-12,15H,5-9,14H2,1-4H3. The second-order valence-corrected chi connectivity index (χ2v) is 6.00. The number of rotatable bonds is 5. The minimum atomic E-state index is 0.280. The minimum Gasteiger partial charge on any atom is -0.377 e. The highest BCUT2D eigenvalue weighted by Gasteiger charge is 2.37. The lowest BCUT2D eigenvalue weighted by Crippen LogP contribution is -2.50. The van der Waals surface area contributed by atoms with Crippen LogP contribution in [0.25, 0.3) is 0 Å². The van der Waals surface area contributed by atoms with Crippen LogP contribution < -0.4 is 11.3 Å². The Morgan fingerprint density at radius 2 is 2.06 bits per heavy atom. The average molecular weight is 228 g/mol. The molecule has 1 rings (SSSR count). The third-order valence-electron chi connectivity index (χ3n) is 3.90. The van der Waals surface area contributed by atoms with E-state index in [4.69, 9.17) is 10.6 Å². The summed E-state index contributed by atoms with van der Waals surface area (Å²) in [5.41, 5.74) is 3.34. The fraction of sp³-hybridized carbons (Fsp3) is 1.00. The number of hydrazine groups is 1. The summed E-state index contributed by atoms with van der Waals surface area (Å²) in [6.07, 6.45) is 5.53. The maximum Gasteiger partial charge on any atom is 0.0639 e. The van der Waals surface area contributed by atoms with Crippen LogP contribution in [0.4, 0.5) is 0 Å². The molecule has 2 atom stereocenters. The zero-order chi connectivity index (χ0) is 12.2. The zero-order valence-corrected chi connectivity index (χ0v) is 11.3. The molecule has 3 heteroatoms. The third-order valence-corrected chi connectivity index (χ3v) is 3.90. The summed E-state index contributed by atoms with van der Waals surface area (Å²) in [5.74, 6) is 6.31. The van der Waals surface area contributed by atoms with E-state index in [-0.39, 0.29) is 12.1 Å². The van der Waals surface area contributed by atoms with E-state index >= 15 is 0 Å². The van der Waals surface area contributed by atoms with Crippen molar-refractivity contribution in [2.75, 3.05) is 6.61 Å². The molecule has 0 bridgehead atoms. The molecule has 1 aliphatic rings. The van der Waals surface area contributed by atoms with Gasteiger partial charge in [0.1, 0.15) is 0 Å². The van der Waals surface area contributed by atoms with E-state index in [1.54, 1.807) is 0 Å². The van der Waals surface area contributed by atoms with Crippen molar-refractivity contribution in [2.45, 2.75) is 65.5 Å². The molecular formula is C13H28N2O. The normalized spacial score (nSPS) is 27.0. The quantitative estimate of drug-likeness (QED) is 0.561. The predicted molar refractivity (Wildman–Crippen MR) is 67.9 cm³/mol. The lowest BCUT2D eigenvalue weighted by Gasteiger charge is -2.43. The van der Waals surface area contributed by atoms with Gasteiger partial charge in [0.15, 0.2) is 0 Å². The first-order valence-electron chi connectivity index (χ1n) is 6.55. The van der Waals surface area contributed by atoms with Gasteiger partial charge in [0, 0.05) is 6.04 Å². The first-order chi connectivity index (χ1) is 7.47. The Hall–Kier alpha value is -0.120. The second kappa shape index (κ2) is 5.99. The van der Waals surface area contributed by atoms with Gasteiger partial charge in [0.25, 0.3) is 0 Å². The summed E-state index contributed by atoms with van der Waals surface area (Å²) < 4.78 is 5.70. The molecule has 3 N–H and O–H groups in total. The minimum absolute atomic E-state index is 0.280. The Bertz CT molecular complexity index is 204. The molecule has 16 heavy (non-hydrogen) atoms. The van der Waals surface area contributed by atoms with Gasteiger partial charge in [-0.05, 0) is 38.0 Å². The SMILES string of the molecule is CC(C)OCC(NN)C1CCCCC1(C)C. The maximum atomic E-state index is 5.70. The van der Waals surface area contributed by atoms with Crippen molar-refractivity contribution in [3.8, 4) is 0 Å². The van der Waals surface area contributed by atoms with Crippen LogP contribution in [-0.2, 0) is 4.74 Å². The Kier molecular flexibility index (Phi) is 5.22. The number of hydrogen-bond acceptors (Lipinski definition) is 3. The Labute approximate surface area is 100 Å². The summed E-state index contributed by atoms with van der Waals surface area (Å²) in [7, 11) is 0. The van der Waals surface area contributed by atoms with Crippen LogP contribution in [0, 0.1) is 11.3 Å². The summed E-state index contributed by atoms with van der Waals surface area (Å²) in [6, 6.07) is 0.290. The lowest BCUT2D eigenvalue weighted by atomic mass is 9.66. The van der Waals surface area contributed by atoms with Crippen molar-refractivity contribution in [3.63, 3.8) is 0 Å². The molecule has 1 aliphatic carbocycles. The summed E-state index contributed by atoms with van der Waals surface area (Å²) >= 11 is 0. The fourth-order valence-corrected chi connectivity index (χ4v) is 2.84. The first kappa shape index (κ1) is 13.9. The van der Waals surface area contributed by atoms with Gasteiger partial charge in [-0.25, -0.2) is 0 Å². The molecule has 0 heterocycles. The number of ether oxygens (including phenoxy) is 1. The van der Waals surface area contributed by atoms with E-state index in [1.807, 2.05) is 0 Å². The lowest BCUT2D eigenvalue weighted by molar-refractivity contribution is 0.0121. The summed E-state index contributed by atoms with van der Waals surface area (Å²) in [5, 5.41) is 0. The van der Waals surface area contributed by atoms with E-state index in [9.17, 15) is 0 Å². The summed E-state index contributed by atoms with van der Waals surface area (Å²) in [6.45, 7) is 9.58. The molecule has 1 fully saturated rings. The average Bonchev–Trinajstić information content (AvgIpc) is 2.20. The topological polar surface area (TPSA) is 47.3 Å². The molecular weight excluding hydrogens is 200 g/mol. The Balaban J connectivity index is 2.56. The van der Waals surface area contributed by atoms with E-state index in [1.165, 1.54) is 25.7 Å². The monoisotopic (exact) mass is 228 g/mol. The molecule has 0 aromatic rings. The molecule has 96 valence electrons. The molecule has 0 saturated heterocycles. The molecule has 0 spiro atoms. The van der Waals surface area contributed by atoms with Crippen molar-refractivity contribution >= 4 is 0 Å². The highest BCUT2D eigenvalue weighted by atomic mass is 16.5. The van der Waals surface area contributed by atoms with Crippen LogP contribution in [0.1, 0.15) is 53.4 Å². The van der Waals surface area contributed by atoms with Crippen molar-refractivity contribution < 1.29 is 4.74 Å². The molecule has 0 aliphatic heterocycles. The van der Waals surface area contributed by atoms with Crippen molar-refractivity contribution in [2.24, 2.45) is 17.2 Å². The smallest absolute Gasteiger partial charge is 0.0639 e. The molecule has 0 aromatic heterocycles. The molecule has 0 amide bonds. The van der Waals surface area contributed by atoms with Gasteiger partial charge < -0.3 is 4.74 Å². The van der Waals surface area contributed by atoms with Gasteiger partial charge in [0.05, 0.1) is 12.7 Å². The van der Waals surface area contributed by atoms with Gasteiger partial charge in [-0.15, -0.1) is 0 Å². The molecule has 0 aromatic carbocycles. The maximum absolute atomic E-state index is 5.70. The summed E-state index contributed by atoms with van der Waals surface area (Å²) in [4.78, 5) is 0. The van der Waals surface area contributed by atoms with Crippen LogP contribution in [0.5, 0.6) is 0 Å². The number of nitrogens with two attached hydrogens (primary N) is 1. The van der Waals surface area contributed by atoms with Crippen molar-refractivity contribution in [1.82, 2.24) is 5.43 Å². The van der Waals surface area contributed by atoms with Gasteiger partial charge in [-0.2, -0.15) is 0 Å². The van der Waals surface area contributed by atoms with E-state index < -0.39 is 0 Å². The number of nitrogens with one attached hydrogen (secondary N) is 1. The molecule has 2 unspecified atom stereocenters. The second-order valence-electron chi connectivity index (χ2n) is 6.00. The highest BCUT2D eigenvalue weighted by molar-refractivity contribution is 4.89. The van der Waals surface area contributed by atoms with Crippen LogP contribution in [0.15, 0.2) is 0 Å². The molecule has 0 radical (unpaired) electrons. The van der Waals surface area contributed by atoms with Crippen LogP contribution in [0.3, 0.4) is 0 Å². The Morgan fingerprint density at radius 3 is 2.56 bits per heavy atom. The molecule has 3 nitrogen and oxygen atoms in total. The van der Waals surface area contributed by atoms with Gasteiger partial charge >= 0.3 is 0 Å². The van der Waals surface area contributed by atoms with E-state index in [2.05, 4.69) is 33.1 Å². The zero-order valence-electron chi connectivity index (χ0n) is 11.3.